The molecule has 0 aromatic heterocycles. The predicted octanol–water partition coefficient (Wildman–Crippen LogP) is 4.66. The molecule has 0 radical (unpaired) electrons. The van der Waals surface area contributed by atoms with Gasteiger partial charge in [0.2, 0.25) is 0 Å². The molecule has 0 aliphatic carbocycles. The minimum Gasteiger partial charge on any atom is -0.388 e. The van der Waals surface area contributed by atoms with E-state index in [1.807, 2.05) is 0 Å². The third-order valence-electron chi connectivity index (χ3n) is 2.76. The van der Waals surface area contributed by atoms with Crippen molar-refractivity contribution in [3.8, 4) is 0 Å². The molecule has 1 nitrogen and oxygen atoms in total. The van der Waals surface area contributed by atoms with Gasteiger partial charge in [0.15, 0.2) is 0 Å². The molecular formula is C14H10BrClF2O. The fourth-order valence-electron chi connectivity index (χ4n) is 1.73. The van der Waals surface area contributed by atoms with Crippen molar-refractivity contribution in [2.24, 2.45) is 0 Å². The summed E-state index contributed by atoms with van der Waals surface area (Å²) in [5.74, 6) is -0.931. The molecule has 0 bridgehead atoms. The lowest BCUT2D eigenvalue weighted by Crippen LogP contribution is -2.03. The summed E-state index contributed by atoms with van der Waals surface area (Å²) in [7, 11) is 0. The van der Waals surface area contributed by atoms with Crippen LogP contribution in [-0.2, 0) is 6.42 Å². The Morgan fingerprint density at radius 2 is 1.89 bits per heavy atom. The second kappa shape index (κ2) is 5.99. The van der Waals surface area contributed by atoms with Gasteiger partial charge in [-0.15, -0.1) is 0 Å². The number of hydrogen-bond donors (Lipinski definition) is 1. The summed E-state index contributed by atoms with van der Waals surface area (Å²) in [5, 5.41) is 10.1. The zero-order valence-corrected chi connectivity index (χ0v) is 12.0. The van der Waals surface area contributed by atoms with E-state index >= 15 is 0 Å². The Labute approximate surface area is 123 Å². The lowest BCUT2D eigenvalue weighted by molar-refractivity contribution is 0.178. The van der Waals surface area contributed by atoms with E-state index < -0.39 is 11.9 Å². The normalized spacial score (nSPS) is 12.5. The van der Waals surface area contributed by atoms with Crippen molar-refractivity contribution in [3.05, 3.63) is 68.7 Å². The molecule has 0 spiro atoms. The first-order valence-electron chi connectivity index (χ1n) is 5.54. The zero-order chi connectivity index (χ0) is 14.0. The maximum atomic E-state index is 13.3. The molecule has 0 saturated carbocycles. The maximum Gasteiger partial charge on any atom is 0.142 e. The van der Waals surface area contributed by atoms with Gasteiger partial charge in [-0.2, -0.15) is 0 Å². The molecule has 100 valence electrons. The van der Waals surface area contributed by atoms with Gasteiger partial charge in [0.25, 0.3) is 0 Å². The lowest BCUT2D eigenvalue weighted by atomic mass is 10.0. The first-order chi connectivity index (χ1) is 8.97. The smallest absolute Gasteiger partial charge is 0.142 e. The predicted molar refractivity (Wildman–Crippen MR) is 74.2 cm³/mol. The van der Waals surface area contributed by atoms with Gasteiger partial charge < -0.3 is 5.11 Å². The standard InChI is InChI=1S/C14H10BrClF2O/c15-11-7-10(17)3-1-8(11)6-14(19)9-2-4-12(16)13(18)5-9/h1-5,7,14,19H,6H2. The van der Waals surface area contributed by atoms with Crippen LogP contribution in [0.15, 0.2) is 40.9 Å². The monoisotopic (exact) mass is 346 g/mol. The van der Waals surface area contributed by atoms with E-state index in [0.717, 1.165) is 5.56 Å². The Kier molecular flexibility index (Phi) is 4.55. The molecule has 1 unspecified atom stereocenters. The number of halogens is 4. The highest BCUT2D eigenvalue weighted by atomic mass is 79.9. The molecule has 1 atom stereocenters. The first-order valence-corrected chi connectivity index (χ1v) is 6.71. The summed E-state index contributed by atoms with van der Waals surface area (Å²) in [4.78, 5) is 0. The fraction of sp³-hybridized carbons (Fsp3) is 0.143. The molecule has 0 fully saturated rings. The second-order valence-corrected chi connectivity index (χ2v) is 5.39. The molecule has 0 amide bonds. The molecule has 2 aromatic carbocycles. The number of benzene rings is 2. The SMILES string of the molecule is OC(Cc1ccc(F)cc1Br)c1ccc(Cl)c(F)c1. The van der Waals surface area contributed by atoms with Gasteiger partial charge in [-0.1, -0.05) is 39.7 Å². The van der Waals surface area contributed by atoms with Crippen molar-refractivity contribution in [2.45, 2.75) is 12.5 Å². The van der Waals surface area contributed by atoms with Crippen LogP contribution in [0.1, 0.15) is 17.2 Å². The summed E-state index contributed by atoms with van der Waals surface area (Å²) < 4.78 is 26.8. The Balaban J connectivity index is 2.20. The maximum absolute atomic E-state index is 13.3. The Bertz CT molecular complexity index is 604. The van der Waals surface area contributed by atoms with Crippen LogP contribution >= 0.6 is 27.5 Å². The van der Waals surface area contributed by atoms with Crippen molar-refractivity contribution in [2.75, 3.05) is 0 Å². The van der Waals surface area contributed by atoms with Crippen molar-refractivity contribution < 1.29 is 13.9 Å². The molecule has 2 rings (SSSR count). The third kappa shape index (κ3) is 3.53. The zero-order valence-electron chi connectivity index (χ0n) is 9.71. The van der Waals surface area contributed by atoms with Crippen LogP contribution in [0.2, 0.25) is 5.02 Å². The van der Waals surface area contributed by atoms with Gasteiger partial charge in [0.1, 0.15) is 11.6 Å². The highest BCUT2D eigenvalue weighted by Crippen LogP contribution is 2.26. The highest BCUT2D eigenvalue weighted by molar-refractivity contribution is 9.10. The van der Waals surface area contributed by atoms with Crippen LogP contribution in [-0.4, -0.2) is 5.11 Å². The summed E-state index contributed by atoms with van der Waals surface area (Å²) in [5.41, 5.74) is 1.17. The minimum absolute atomic E-state index is 0.0129. The molecular weight excluding hydrogens is 338 g/mol. The number of rotatable bonds is 3. The van der Waals surface area contributed by atoms with Crippen LogP contribution < -0.4 is 0 Å². The van der Waals surface area contributed by atoms with E-state index in [1.165, 1.54) is 24.3 Å². The van der Waals surface area contributed by atoms with Crippen molar-refractivity contribution in [1.29, 1.82) is 0 Å². The van der Waals surface area contributed by atoms with Crippen LogP contribution in [0, 0.1) is 11.6 Å². The van der Waals surface area contributed by atoms with Gasteiger partial charge in [0.05, 0.1) is 11.1 Å². The molecule has 0 saturated heterocycles. The molecule has 0 heterocycles. The molecule has 1 N–H and O–H groups in total. The van der Waals surface area contributed by atoms with Crippen molar-refractivity contribution in [3.63, 3.8) is 0 Å². The van der Waals surface area contributed by atoms with E-state index in [-0.39, 0.29) is 17.3 Å². The lowest BCUT2D eigenvalue weighted by Gasteiger charge is -2.13. The minimum atomic E-state index is -0.881. The number of aliphatic hydroxyl groups excluding tert-OH is 1. The Hall–Kier alpha value is -0.970. The van der Waals surface area contributed by atoms with E-state index in [9.17, 15) is 13.9 Å². The number of hydrogen-bond acceptors (Lipinski definition) is 1. The van der Waals surface area contributed by atoms with Gasteiger partial charge in [-0.3, -0.25) is 0 Å². The number of aliphatic hydroxyl groups is 1. The van der Waals surface area contributed by atoms with E-state index in [4.69, 9.17) is 11.6 Å². The second-order valence-electron chi connectivity index (χ2n) is 4.13. The molecule has 0 aliphatic heterocycles. The molecule has 5 heteroatoms. The van der Waals surface area contributed by atoms with Gasteiger partial charge >= 0.3 is 0 Å². The van der Waals surface area contributed by atoms with Crippen LogP contribution in [0.25, 0.3) is 0 Å². The summed E-state index contributed by atoms with van der Waals surface area (Å²) in [6.45, 7) is 0. The largest absolute Gasteiger partial charge is 0.388 e. The first kappa shape index (κ1) is 14.4. The van der Waals surface area contributed by atoms with Gasteiger partial charge in [-0.05, 0) is 35.4 Å². The molecule has 2 aromatic rings. The Morgan fingerprint density at radius 1 is 1.16 bits per heavy atom. The van der Waals surface area contributed by atoms with Gasteiger partial charge in [0, 0.05) is 10.9 Å². The highest BCUT2D eigenvalue weighted by Gasteiger charge is 2.13. The summed E-state index contributed by atoms with van der Waals surface area (Å²) in [6.07, 6.45) is -0.629. The summed E-state index contributed by atoms with van der Waals surface area (Å²) >= 11 is 8.81. The summed E-state index contributed by atoms with van der Waals surface area (Å²) in [6, 6.07) is 8.38. The average molecular weight is 348 g/mol. The van der Waals surface area contributed by atoms with Crippen molar-refractivity contribution >= 4 is 27.5 Å². The third-order valence-corrected chi connectivity index (χ3v) is 3.80. The van der Waals surface area contributed by atoms with E-state index in [0.29, 0.717) is 10.0 Å². The van der Waals surface area contributed by atoms with Gasteiger partial charge in [-0.25, -0.2) is 8.78 Å². The van der Waals surface area contributed by atoms with Crippen LogP contribution in [0.5, 0.6) is 0 Å². The Morgan fingerprint density at radius 3 is 2.53 bits per heavy atom. The fourth-order valence-corrected chi connectivity index (χ4v) is 2.36. The van der Waals surface area contributed by atoms with Crippen LogP contribution in [0.3, 0.4) is 0 Å². The van der Waals surface area contributed by atoms with E-state index in [2.05, 4.69) is 15.9 Å². The topological polar surface area (TPSA) is 20.2 Å². The quantitative estimate of drug-likeness (QED) is 0.856. The van der Waals surface area contributed by atoms with E-state index in [1.54, 1.807) is 12.1 Å². The molecule has 19 heavy (non-hydrogen) atoms. The van der Waals surface area contributed by atoms with Crippen molar-refractivity contribution in [1.82, 2.24) is 0 Å². The average Bonchev–Trinajstić information content (AvgIpc) is 2.36. The van der Waals surface area contributed by atoms with Crippen LogP contribution in [0.4, 0.5) is 8.78 Å². The molecule has 0 aliphatic rings.